The molecule has 0 fully saturated rings. The van der Waals surface area contributed by atoms with Gasteiger partial charge >= 0.3 is 0 Å². The van der Waals surface area contributed by atoms with Crippen LogP contribution in [0.3, 0.4) is 0 Å². The first-order valence-corrected chi connectivity index (χ1v) is 6.32. The van der Waals surface area contributed by atoms with E-state index >= 15 is 0 Å². The van der Waals surface area contributed by atoms with Gasteiger partial charge in [-0.3, -0.25) is 0 Å². The summed E-state index contributed by atoms with van der Waals surface area (Å²) in [6, 6.07) is 9.77. The molecule has 0 aliphatic heterocycles. The highest BCUT2D eigenvalue weighted by atomic mass is 16.5. The van der Waals surface area contributed by atoms with Gasteiger partial charge in [0.25, 0.3) is 0 Å². The third-order valence-corrected chi connectivity index (χ3v) is 2.96. The summed E-state index contributed by atoms with van der Waals surface area (Å²) in [7, 11) is 1.67. The molecule has 5 heteroatoms. The molecule has 0 unspecified atom stereocenters. The molecule has 1 N–H and O–H groups in total. The molecule has 1 heterocycles. The van der Waals surface area contributed by atoms with E-state index in [-0.39, 0.29) is 0 Å². The number of nitrogens with zero attached hydrogens (tertiary/aromatic N) is 3. The lowest BCUT2D eigenvalue weighted by Gasteiger charge is -2.08. The molecule has 102 valence electrons. The van der Waals surface area contributed by atoms with Gasteiger partial charge in [-0.25, -0.2) is 9.97 Å². The molecule has 2 aromatic rings. The number of hydrogen-bond acceptors (Lipinski definition) is 5. The summed E-state index contributed by atoms with van der Waals surface area (Å²) in [5.74, 6) is 1.57. The van der Waals surface area contributed by atoms with Crippen LogP contribution in [0.1, 0.15) is 16.8 Å². The second-order valence-electron chi connectivity index (χ2n) is 4.38. The molecule has 2 rings (SSSR count). The lowest BCUT2D eigenvalue weighted by Crippen LogP contribution is -2.07. The van der Waals surface area contributed by atoms with Gasteiger partial charge in [0, 0.05) is 12.6 Å². The summed E-state index contributed by atoms with van der Waals surface area (Å²) < 4.78 is 5.24. The quantitative estimate of drug-likeness (QED) is 0.901. The van der Waals surface area contributed by atoms with Crippen molar-refractivity contribution in [3.8, 4) is 11.8 Å². The first-order chi connectivity index (χ1) is 9.72. The van der Waals surface area contributed by atoms with Crippen LogP contribution in [-0.4, -0.2) is 23.6 Å². The molecule has 0 saturated carbocycles. The molecule has 0 amide bonds. The van der Waals surface area contributed by atoms with Crippen molar-refractivity contribution in [2.45, 2.75) is 13.3 Å². The SMILES string of the molecule is COc1ccc(CCNc2cc(C#N)ncn2)cc1C. The number of nitriles is 1. The van der Waals surface area contributed by atoms with Crippen LogP contribution < -0.4 is 10.1 Å². The summed E-state index contributed by atoms with van der Waals surface area (Å²) in [5, 5.41) is 11.9. The monoisotopic (exact) mass is 268 g/mol. The highest BCUT2D eigenvalue weighted by molar-refractivity contribution is 5.40. The van der Waals surface area contributed by atoms with Crippen molar-refractivity contribution in [1.82, 2.24) is 9.97 Å². The number of ether oxygens (including phenoxy) is 1. The maximum absolute atomic E-state index is 8.77. The molecular formula is C15H16N4O. The molecule has 1 aromatic carbocycles. The molecular weight excluding hydrogens is 252 g/mol. The van der Waals surface area contributed by atoms with Gasteiger partial charge in [0.05, 0.1) is 7.11 Å². The summed E-state index contributed by atoms with van der Waals surface area (Å²) in [4.78, 5) is 7.90. The standard InChI is InChI=1S/C15H16N4O/c1-11-7-12(3-4-14(11)20-2)5-6-17-15-8-13(9-16)18-10-19-15/h3-4,7-8,10H,5-6H2,1-2H3,(H,17,18,19). The Bertz CT molecular complexity index is 634. The average Bonchev–Trinajstić information content (AvgIpc) is 2.48. The number of rotatable bonds is 5. The minimum atomic E-state index is 0.364. The molecule has 0 aliphatic rings. The molecule has 0 aliphatic carbocycles. The summed E-state index contributed by atoms with van der Waals surface area (Å²) in [6.45, 7) is 2.77. The fourth-order valence-electron chi connectivity index (χ4n) is 1.95. The van der Waals surface area contributed by atoms with Gasteiger partial charge in [0.15, 0.2) is 0 Å². The molecule has 0 atom stereocenters. The summed E-state index contributed by atoms with van der Waals surface area (Å²) in [5.41, 5.74) is 2.71. The second-order valence-corrected chi connectivity index (χ2v) is 4.38. The Hall–Kier alpha value is -2.61. The highest BCUT2D eigenvalue weighted by Gasteiger charge is 2.01. The van der Waals surface area contributed by atoms with Gasteiger partial charge in [-0.2, -0.15) is 5.26 Å². The van der Waals surface area contributed by atoms with E-state index in [1.165, 1.54) is 11.9 Å². The predicted molar refractivity (Wildman–Crippen MR) is 76.7 cm³/mol. The van der Waals surface area contributed by atoms with Gasteiger partial charge in [-0.1, -0.05) is 12.1 Å². The highest BCUT2D eigenvalue weighted by Crippen LogP contribution is 2.18. The normalized spacial score (nSPS) is 9.85. The maximum Gasteiger partial charge on any atom is 0.145 e. The van der Waals surface area contributed by atoms with Gasteiger partial charge in [0.2, 0.25) is 0 Å². The van der Waals surface area contributed by atoms with Crippen molar-refractivity contribution in [1.29, 1.82) is 5.26 Å². The first kappa shape index (κ1) is 13.8. The molecule has 0 spiro atoms. The topological polar surface area (TPSA) is 70.8 Å². The van der Waals surface area contributed by atoms with Crippen molar-refractivity contribution in [3.63, 3.8) is 0 Å². The Morgan fingerprint density at radius 1 is 1.30 bits per heavy atom. The molecule has 5 nitrogen and oxygen atoms in total. The Morgan fingerprint density at radius 2 is 2.15 bits per heavy atom. The number of hydrogen-bond donors (Lipinski definition) is 1. The fraction of sp³-hybridized carbons (Fsp3) is 0.267. The molecule has 0 saturated heterocycles. The lowest BCUT2D eigenvalue weighted by molar-refractivity contribution is 0.411. The van der Waals surface area contributed by atoms with E-state index in [9.17, 15) is 0 Å². The van der Waals surface area contributed by atoms with E-state index in [4.69, 9.17) is 10.00 Å². The van der Waals surface area contributed by atoms with Crippen molar-refractivity contribution in [2.24, 2.45) is 0 Å². The van der Waals surface area contributed by atoms with E-state index in [0.29, 0.717) is 11.5 Å². The Balaban J connectivity index is 1.92. The van der Waals surface area contributed by atoms with Crippen LogP contribution in [-0.2, 0) is 6.42 Å². The van der Waals surface area contributed by atoms with Crippen LogP contribution >= 0.6 is 0 Å². The number of anilines is 1. The first-order valence-electron chi connectivity index (χ1n) is 6.32. The second kappa shape index (κ2) is 6.53. The van der Waals surface area contributed by atoms with Crippen LogP contribution in [0.4, 0.5) is 5.82 Å². The molecule has 0 bridgehead atoms. The number of aryl methyl sites for hydroxylation is 1. The fourth-order valence-corrected chi connectivity index (χ4v) is 1.95. The van der Waals surface area contributed by atoms with E-state index in [1.807, 2.05) is 25.1 Å². The average molecular weight is 268 g/mol. The predicted octanol–water partition coefficient (Wildman–Crippen LogP) is 2.32. The van der Waals surface area contributed by atoms with E-state index in [2.05, 4.69) is 21.4 Å². The van der Waals surface area contributed by atoms with E-state index in [0.717, 1.165) is 24.3 Å². The zero-order valence-electron chi connectivity index (χ0n) is 11.6. The molecule has 20 heavy (non-hydrogen) atoms. The van der Waals surface area contributed by atoms with Crippen LogP contribution in [0, 0.1) is 18.3 Å². The van der Waals surface area contributed by atoms with Crippen LogP contribution in [0.25, 0.3) is 0 Å². The summed E-state index contributed by atoms with van der Waals surface area (Å²) in [6.07, 6.45) is 2.26. The van der Waals surface area contributed by atoms with Crippen LogP contribution in [0.2, 0.25) is 0 Å². The number of aromatic nitrogens is 2. The summed E-state index contributed by atoms with van der Waals surface area (Å²) >= 11 is 0. The zero-order valence-corrected chi connectivity index (χ0v) is 11.6. The van der Waals surface area contributed by atoms with Crippen LogP contribution in [0.15, 0.2) is 30.6 Å². The molecule has 1 aromatic heterocycles. The minimum Gasteiger partial charge on any atom is -0.496 e. The number of nitrogens with one attached hydrogen (secondary N) is 1. The smallest absolute Gasteiger partial charge is 0.145 e. The third kappa shape index (κ3) is 3.45. The van der Waals surface area contributed by atoms with Crippen molar-refractivity contribution >= 4 is 5.82 Å². The van der Waals surface area contributed by atoms with Crippen molar-refractivity contribution in [2.75, 3.05) is 19.0 Å². The number of methoxy groups -OCH3 is 1. The van der Waals surface area contributed by atoms with Gasteiger partial charge in [0.1, 0.15) is 29.7 Å². The third-order valence-electron chi connectivity index (χ3n) is 2.96. The van der Waals surface area contributed by atoms with Crippen molar-refractivity contribution < 1.29 is 4.74 Å². The van der Waals surface area contributed by atoms with Crippen LogP contribution in [0.5, 0.6) is 5.75 Å². The Kier molecular flexibility index (Phi) is 4.51. The van der Waals surface area contributed by atoms with Gasteiger partial charge < -0.3 is 10.1 Å². The largest absolute Gasteiger partial charge is 0.496 e. The van der Waals surface area contributed by atoms with Crippen molar-refractivity contribution in [3.05, 3.63) is 47.4 Å². The van der Waals surface area contributed by atoms with E-state index in [1.54, 1.807) is 13.2 Å². The van der Waals surface area contributed by atoms with E-state index < -0.39 is 0 Å². The maximum atomic E-state index is 8.77. The molecule has 0 radical (unpaired) electrons. The minimum absolute atomic E-state index is 0.364. The number of benzene rings is 1. The van der Waals surface area contributed by atoms with Gasteiger partial charge in [-0.05, 0) is 30.5 Å². The Morgan fingerprint density at radius 3 is 2.85 bits per heavy atom. The lowest BCUT2D eigenvalue weighted by atomic mass is 10.1. The zero-order chi connectivity index (χ0) is 14.4. The Labute approximate surface area is 118 Å². The van der Waals surface area contributed by atoms with Gasteiger partial charge in [-0.15, -0.1) is 0 Å².